The van der Waals surface area contributed by atoms with Crippen LogP contribution >= 0.6 is 0 Å². The van der Waals surface area contributed by atoms with Crippen LogP contribution in [0.2, 0.25) is 0 Å². The molecule has 4 rings (SSSR count). The van der Waals surface area contributed by atoms with Gasteiger partial charge < -0.3 is 4.90 Å². The van der Waals surface area contributed by atoms with Crippen LogP contribution in [0, 0.1) is 0 Å². The molecule has 0 saturated heterocycles. The molecule has 0 unspecified atom stereocenters. The first-order chi connectivity index (χ1) is 11.4. The number of benzene rings is 1. The Labute approximate surface area is 137 Å². The zero-order chi connectivity index (χ0) is 15.5. The molecule has 1 aromatic carbocycles. The zero-order valence-corrected chi connectivity index (χ0v) is 13.2. The number of rotatable bonds is 3. The Kier molecular flexibility index (Phi) is 3.85. The summed E-state index contributed by atoms with van der Waals surface area (Å²) >= 11 is 0. The summed E-state index contributed by atoms with van der Waals surface area (Å²) in [4.78, 5) is 2.36. The molecule has 3 aliphatic rings. The van der Waals surface area contributed by atoms with E-state index in [0.717, 1.165) is 38.2 Å². The van der Waals surface area contributed by atoms with Gasteiger partial charge in [0, 0.05) is 17.0 Å². The van der Waals surface area contributed by atoms with Gasteiger partial charge in [-0.1, -0.05) is 54.6 Å². The lowest BCUT2D eigenvalue weighted by Crippen LogP contribution is -2.31. The Balaban J connectivity index is 1.69. The van der Waals surface area contributed by atoms with E-state index in [-0.39, 0.29) is 0 Å². The van der Waals surface area contributed by atoms with Gasteiger partial charge in [0.15, 0.2) is 5.84 Å². The number of nitrogens with zero attached hydrogens (tertiary/aromatic N) is 3. The summed E-state index contributed by atoms with van der Waals surface area (Å²) in [5.41, 5.74) is 3.83. The van der Waals surface area contributed by atoms with E-state index in [2.05, 4.69) is 76.7 Å². The van der Waals surface area contributed by atoms with Gasteiger partial charge in [-0.05, 0) is 37.8 Å². The minimum atomic E-state index is 0.809. The van der Waals surface area contributed by atoms with Crippen LogP contribution in [0.1, 0.15) is 31.2 Å². The summed E-state index contributed by atoms with van der Waals surface area (Å²) in [6, 6.07) is 10.5. The van der Waals surface area contributed by atoms with Gasteiger partial charge in [0.2, 0.25) is 0 Å². The van der Waals surface area contributed by atoms with Gasteiger partial charge in [-0.15, -0.1) is 0 Å². The average Bonchev–Trinajstić information content (AvgIpc) is 3.09. The van der Waals surface area contributed by atoms with Crippen molar-refractivity contribution in [2.75, 3.05) is 6.67 Å². The molecule has 0 N–H and O–H groups in total. The van der Waals surface area contributed by atoms with Gasteiger partial charge in [0.1, 0.15) is 6.67 Å². The van der Waals surface area contributed by atoms with Crippen molar-refractivity contribution in [2.45, 2.75) is 25.7 Å². The summed E-state index contributed by atoms with van der Waals surface area (Å²) in [6.07, 6.45) is 17.5. The monoisotopic (exact) mass is 303 g/mol. The number of hydrazone groups is 1. The summed E-state index contributed by atoms with van der Waals surface area (Å²) in [6.45, 7) is 0.809. The molecule has 1 aromatic rings. The fourth-order valence-electron chi connectivity index (χ4n) is 3.20. The lowest BCUT2D eigenvalue weighted by molar-refractivity contribution is 0.300. The second-order valence-corrected chi connectivity index (χ2v) is 6.01. The van der Waals surface area contributed by atoms with Crippen molar-refractivity contribution in [1.82, 2.24) is 9.91 Å². The third-order valence-corrected chi connectivity index (χ3v) is 4.44. The van der Waals surface area contributed by atoms with Gasteiger partial charge in [-0.25, -0.2) is 5.01 Å². The molecular weight excluding hydrogens is 282 g/mol. The molecule has 0 saturated carbocycles. The smallest absolute Gasteiger partial charge is 0.162 e. The quantitative estimate of drug-likeness (QED) is 0.824. The standard InChI is InChI=1S/C20H21N3/c1-4-10-17(11-5-1)20-21-23(19-14-8-3-9-15-19)16-22(20)18-12-6-2-7-13-18/h1-6,8,10-12,14H,7,9,13,15-16H2. The Morgan fingerprint density at radius 2 is 1.52 bits per heavy atom. The topological polar surface area (TPSA) is 18.8 Å². The molecule has 1 heterocycles. The predicted octanol–water partition coefficient (Wildman–Crippen LogP) is 4.39. The van der Waals surface area contributed by atoms with Crippen LogP contribution in [-0.4, -0.2) is 22.4 Å². The highest BCUT2D eigenvalue weighted by Gasteiger charge is 2.28. The maximum absolute atomic E-state index is 4.95. The fourth-order valence-corrected chi connectivity index (χ4v) is 3.20. The molecule has 0 bridgehead atoms. The summed E-state index contributed by atoms with van der Waals surface area (Å²) in [5.74, 6) is 1.06. The number of hydrogen-bond acceptors (Lipinski definition) is 3. The molecular formula is C20H21N3. The Morgan fingerprint density at radius 3 is 2.17 bits per heavy atom. The maximum atomic E-state index is 4.95. The van der Waals surface area contributed by atoms with E-state index in [1.807, 2.05) is 0 Å². The number of amidine groups is 1. The number of allylic oxidation sites excluding steroid dienone is 8. The van der Waals surface area contributed by atoms with Crippen molar-refractivity contribution in [3.63, 3.8) is 0 Å². The van der Waals surface area contributed by atoms with Gasteiger partial charge >= 0.3 is 0 Å². The van der Waals surface area contributed by atoms with Crippen molar-refractivity contribution in [2.24, 2.45) is 5.10 Å². The minimum Gasteiger partial charge on any atom is -0.308 e. The molecule has 23 heavy (non-hydrogen) atoms. The lowest BCUT2D eigenvalue weighted by Gasteiger charge is -2.26. The van der Waals surface area contributed by atoms with Gasteiger partial charge in [0.25, 0.3) is 0 Å². The normalized spacial score (nSPS) is 20.4. The molecule has 0 radical (unpaired) electrons. The van der Waals surface area contributed by atoms with Crippen LogP contribution in [0.4, 0.5) is 0 Å². The van der Waals surface area contributed by atoms with Crippen LogP contribution in [0.25, 0.3) is 0 Å². The third kappa shape index (κ3) is 2.87. The highest BCUT2D eigenvalue weighted by Crippen LogP contribution is 2.28. The molecule has 116 valence electrons. The van der Waals surface area contributed by atoms with Crippen LogP contribution < -0.4 is 0 Å². The van der Waals surface area contributed by atoms with E-state index in [0.29, 0.717) is 0 Å². The van der Waals surface area contributed by atoms with Gasteiger partial charge in [0.05, 0.1) is 0 Å². The second-order valence-electron chi connectivity index (χ2n) is 6.01. The van der Waals surface area contributed by atoms with Crippen molar-refractivity contribution in [3.05, 3.63) is 83.7 Å². The van der Waals surface area contributed by atoms with E-state index < -0.39 is 0 Å². The van der Waals surface area contributed by atoms with Crippen LogP contribution in [-0.2, 0) is 0 Å². The van der Waals surface area contributed by atoms with Crippen molar-refractivity contribution in [3.8, 4) is 0 Å². The maximum Gasteiger partial charge on any atom is 0.162 e. The fraction of sp³-hybridized carbons (Fsp3) is 0.250. The van der Waals surface area contributed by atoms with Crippen LogP contribution in [0.3, 0.4) is 0 Å². The minimum absolute atomic E-state index is 0.809. The van der Waals surface area contributed by atoms with E-state index in [4.69, 9.17) is 5.10 Å². The summed E-state index contributed by atoms with van der Waals surface area (Å²) < 4.78 is 0. The van der Waals surface area contributed by atoms with Gasteiger partial charge in [-0.2, -0.15) is 5.10 Å². The van der Waals surface area contributed by atoms with Crippen LogP contribution in [0.15, 0.2) is 83.3 Å². The van der Waals surface area contributed by atoms with E-state index in [9.17, 15) is 0 Å². The SMILES string of the molecule is C1=CCCC(N2CN(C3=CC=CCC3)C(c3ccccc3)=N2)=C1. The van der Waals surface area contributed by atoms with E-state index in [1.165, 1.54) is 17.0 Å². The largest absolute Gasteiger partial charge is 0.308 e. The molecule has 0 aromatic heterocycles. The Morgan fingerprint density at radius 1 is 0.826 bits per heavy atom. The van der Waals surface area contributed by atoms with Crippen molar-refractivity contribution < 1.29 is 0 Å². The molecule has 0 amide bonds. The molecule has 0 spiro atoms. The van der Waals surface area contributed by atoms with E-state index in [1.54, 1.807) is 0 Å². The first kappa shape index (κ1) is 14.1. The second kappa shape index (κ2) is 6.29. The lowest BCUT2D eigenvalue weighted by atomic mass is 10.1. The molecule has 1 aliphatic heterocycles. The molecule has 0 atom stereocenters. The average molecular weight is 303 g/mol. The van der Waals surface area contributed by atoms with Crippen LogP contribution in [0.5, 0.6) is 0 Å². The molecule has 3 nitrogen and oxygen atoms in total. The Hall–Kier alpha value is -2.55. The number of hydrogen-bond donors (Lipinski definition) is 0. The highest BCUT2D eigenvalue weighted by molar-refractivity contribution is 6.00. The first-order valence-electron chi connectivity index (χ1n) is 8.32. The van der Waals surface area contributed by atoms with Crippen molar-refractivity contribution >= 4 is 5.84 Å². The summed E-state index contributed by atoms with van der Waals surface area (Å²) in [5, 5.41) is 7.11. The zero-order valence-electron chi connectivity index (χ0n) is 13.2. The molecule has 0 fully saturated rings. The van der Waals surface area contributed by atoms with Crippen molar-refractivity contribution in [1.29, 1.82) is 0 Å². The van der Waals surface area contributed by atoms with E-state index >= 15 is 0 Å². The molecule has 3 heteroatoms. The summed E-state index contributed by atoms with van der Waals surface area (Å²) in [7, 11) is 0. The third-order valence-electron chi connectivity index (χ3n) is 4.44. The molecule has 2 aliphatic carbocycles. The first-order valence-corrected chi connectivity index (χ1v) is 8.32. The predicted molar refractivity (Wildman–Crippen MR) is 94.4 cm³/mol. The van der Waals surface area contributed by atoms with Gasteiger partial charge in [-0.3, -0.25) is 0 Å². The Bertz CT molecular complexity index is 723. The highest BCUT2D eigenvalue weighted by atomic mass is 15.6.